The molecule has 0 N–H and O–H groups in total. The van der Waals surface area contributed by atoms with Crippen LogP contribution in [0, 0.1) is 0 Å². The SMILES string of the molecule is BrCCN(Cc1ccsc1)C1CCCCC1. The summed E-state index contributed by atoms with van der Waals surface area (Å²) in [6.07, 6.45) is 7.09. The van der Waals surface area contributed by atoms with E-state index < -0.39 is 0 Å². The molecule has 0 aromatic carbocycles. The zero-order valence-corrected chi connectivity index (χ0v) is 12.1. The summed E-state index contributed by atoms with van der Waals surface area (Å²) in [5.74, 6) is 0. The summed E-state index contributed by atoms with van der Waals surface area (Å²) >= 11 is 5.39. The van der Waals surface area contributed by atoms with Crippen molar-refractivity contribution in [3.8, 4) is 0 Å². The van der Waals surface area contributed by atoms with Gasteiger partial charge in [0.05, 0.1) is 0 Å². The topological polar surface area (TPSA) is 3.24 Å². The number of rotatable bonds is 5. The molecule has 0 amide bonds. The maximum absolute atomic E-state index is 3.58. The minimum absolute atomic E-state index is 0.825. The predicted octanol–water partition coefficient (Wildman–Crippen LogP) is 4.28. The van der Waals surface area contributed by atoms with Crippen LogP contribution in [-0.2, 0) is 6.54 Å². The Morgan fingerprint density at radius 2 is 2.12 bits per heavy atom. The quantitative estimate of drug-likeness (QED) is 0.734. The summed E-state index contributed by atoms with van der Waals surface area (Å²) in [5, 5.41) is 5.56. The Kier molecular flexibility index (Phi) is 5.33. The molecule has 0 saturated heterocycles. The molecule has 1 saturated carbocycles. The van der Waals surface area contributed by atoms with Gasteiger partial charge in [0.15, 0.2) is 0 Å². The van der Waals surface area contributed by atoms with Crippen LogP contribution in [0.4, 0.5) is 0 Å². The van der Waals surface area contributed by atoms with E-state index in [4.69, 9.17) is 0 Å². The van der Waals surface area contributed by atoms with Gasteiger partial charge in [0.2, 0.25) is 0 Å². The molecule has 1 aromatic rings. The number of nitrogens with zero attached hydrogens (tertiary/aromatic N) is 1. The Hall–Kier alpha value is 0.140. The Morgan fingerprint density at radius 1 is 1.31 bits per heavy atom. The molecule has 2 rings (SSSR count). The third-order valence-corrected chi connectivity index (χ3v) is 4.52. The van der Waals surface area contributed by atoms with Crippen molar-refractivity contribution in [3.05, 3.63) is 22.4 Å². The molecule has 1 aromatic heterocycles. The summed E-state index contributed by atoms with van der Waals surface area (Å²) in [7, 11) is 0. The van der Waals surface area contributed by atoms with Crippen LogP contribution in [0.15, 0.2) is 16.8 Å². The van der Waals surface area contributed by atoms with Gasteiger partial charge in [0, 0.05) is 24.5 Å². The van der Waals surface area contributed by atoms with E-state index in [0.717, 1.165) is 17.9 Å². The average Bonchev–Trinajstić information content (AvgIpc) is 2.83. The fourth-order valence-electron chi connectivity index (χ4n) is 2.56. The normalized spacial score (nSPS) is 18.1. The van der Waals surface area contributed by atoms with Gasteiger partial charge < -0.3 is 0 Å². The second-order valence-electron chi connectivity index (χ2n) is 4.58. The van der Waals surface area contributed by atoms with E-state index in [2.05, 4.69) is 37.7 Å². The van der Waals surface area contributed by atoms with Crippen molar-refractivity contribution in [2.45, 2.75) is 44.7 Å². The lowest BCUT2D eigenvalue weighted by Gasteiger charge is -2.33. The fourth-order valence-corrected chi connectivity index (χ4v) is 3.68. The zero-order valence-electron chi connectivity index (χ0n) is 9.70. The number of thiophene rings is 1. The van der Waals surface area contributed by atoms with Crippen LogP contribution in [0.25, 0.3) is 0 Å². The molecular weight excluding hydrogens is 282 g/mol. The van der Waals surface area contributed by atoms with Gasteiger partial charge >= 0.3 is 0 Å². The van der Waals surface area contributed by atoms with E-state index in [0.29, 0.717) is 0 Å². The minimum atomic E-state index is 0.825. The van der Waals surface area contributed by atoms with E-state index in [-0.39, 0.29) is 0 Å². The van der Waals surface area contributed by atoms with Gasteiger partial charge in [0.25, 0.3) is 0 Å². The van der Waals surface area contributed by atoms with Crippen molar-refractivity contribution >= 4 is 27.3 Å². The Balaban J connectivity index is 1.92. The van der Waals surface area contributed by atoms with E-state index in [1.165, 1.54) is 44.2 Å². The van der Waals surface area contributed by atoms with Crippen LogP contribution in [0.1, 0.15) is 37.7 Å². The molecule has 0 bridgehead atoms. The molecule has 1 aliphatic rings. The number of hydrogen-bond donors (Lipinski definition) is 0. The van der Waals surface area contributed by atoms with Crippen LogP contribution in [0.5, 0.6) is 0 Å². The molecule has 0 unspecified atom stereocenters. The highest BCUT2D eigenvalue weighted by molar-refractivity contribution is 9.09. The van der Waals surface area contributed by atoms with Gasteiger partial charge in [0.1, 0.15) is 0 Å². The second-order valence-corrected chi connectivity index (χ2v) is 6.16. The van der Waals surface area contributed by atoms with Crippen LogP contribution in [0.3, 0.4) is 0 Å². The first-order valence-corrected chi connectivity index (χ1v) is 8.27. The minimum Gasteiger partial charge on any atom is -0.295 e. The third-order valence-electron chi connectivity index (χ3n) is 3.43. The molecule has 1 aliphatic carbocycles. The van der Waals surface area contributed by atoms with Crippen LogP contribution in [0.2, 0.25) is 0 Å². The number of hydrogen-bond acceptors (Lipinski definition) is 2. The molecular formula is C13H20BrNS. The van der Waals surface area contributed by atoms with E-state index in [9.17, 15) is 0 Å². The van der Waals surface area contributed by atoms with E-state index in [1.54, 1.807) is 0 Å². The lowest BCUT2D eigenvalue weighted by atomic mass is 9.94. The Bertz CT molecular complexity index is 280. The van der Waals surface area contributed by atoms with Crippen LogP contribution in [-0.4, -0.2) is 22.8 Å². The van der Waals surface area contributed by atoms with Crippen molar-refractivity contribution in [1.82, 2.24) is 4.90 Å². The van der Waals surface area contributed by atoms with Crippen LogP contribution < -0.4 is 0 Å². The maximum Gasteiger partial charge on any atom is 0.0245 e. The predicted molar refractivity (Wildman–Crippen MR) is 75.4 cm³/mol. The first-order chi connectivity index (χ1) is 7.90. The molecule has 0 radical (unpaired) electrons. The average molecular weight is 302 g/mol. The molecule has 90 valence electrons. The Labute approximate surface area is 111 Å². The smallest absolute Gasteiger partial charge is 0.0245 e. The monoisotopic (exact) mass is 301 g/mol. The highest BCUT2D eigenvalue weighted by Crippen LogP contribution is 2.24. The van der Waals surface area contributed by atoms with Gasteiger partial charge in [-0.3, -0.25) is 4.90 Å². The van der Waals surface area contributed by atoms with E-state index in [1.807, 2.05) is 11.3 Å². The fraction of sp³-hybridized carbons (Fsp3) is 0.692. The van der Waals surface area contributed by atoms with Crippen molar-refractivity contribution < 1.29 is 0 Å². The van der Waals surface area contributed by atoms with Gasteiger partial charge in [-0.15, -0.1) is 0 Å². The number of halogens is 1. The molecule has 3 heteroatoms. The summed E-state index contributed by atoms with van der Waals surface area (Å²) in [4.78, 5) is 2.66. The third kappa shape index (κ3) is 3.57. The van der Waals surface area contributed by atoms with Gasteiger partial charge in [-0.2, -0.15) is 11.3 Å². The second kappa shape index (κ2) is 6.77. The lowest BCUT2D eigenvalue weighted by Crippen LogP contribution is -2.37. The zero-order chi connectivity index (χ0) is 11.2. The molecule has 1 nitrogen and oxygen atoms in total. The van der Waals surface area contributed by atoms with Crippen molar-refractivity contribution in [2.75, 3.05) is 11.9 Å². The van der Waals surface area contributed by atoms with Gasteiger partial charge in [-0.25, -0.2) is 0 Å². The maximum atomic E-state index is 3.58. The van der Waals surface area contributed by atoms with Crippen molar-refractivity contribution in [1.29, 1.82) is 0 Å². The molecule has 16 heavy (non-hydrogen) atoms. The number of alkyl halides is 1. The molecule has 1 heterocycles. The van der Waals surface area contributed by atoms with Crippen molar-refractivity contribution in [2.24, 2.45) is 0 Å². The largest absolute Gasteiger partial charge is 0.295 e. The van der Waals surface area contributed by atoms with Crippen LogP contribution >= 0.6 is 27.3 Å². The standard InChI is InChI=1S/C13H20BrNS/c14-7-8-15(10-12-6-9-16-11-12)13-4-2-1-3-5-13/h6,9,11,13H,1-5,7-8,10H2. The highest BCUT2D eigenvalue weighted by Gasteiger charge is 2.20. The van der Waals surface area contributed by atoms with Crippen molar-refractivity contribution in [3.63, 3.8) is 0 Å². The molecule has 1 fully saturated rings. The highest BCUT2D eigenvalue weighted by atomic mass is 79.9. The first-order valence-electron chi connectivity index (χ1n) is 6.21. The molecule has 0 spiro atoms. The first kappa shape index (κ1) is 12.6. The van der Waals surface area contributed by atoms with E-state index >= 15 is 0 Å². The molecule has 0 atom stereocenters. The summed E-state index contributed by atoms with van der Waals surface area (Å²) < 4.78 is 0. The van der Waals surface area contributed by atoms with Gasteiger partial charge in [-0.05, 0) is 35.2 Å². The lowest BCUT2D eigenvalue weighted by molar-refractivity contribution is 0.158. The molecule has 0 aliphatic heterocycles. The Morgan fingerprint density at radius 3 is 2.75 bits per heavy atom. The summed E-state index contributed by atoms with van der Waals surface area (Å²) in [6.45, 7) is 2.32. The summed E-state index contributed by atoms with van der Waals surface area (Å²) in [6, 6.07) is 3.08. The summed E-state index contributed by atoms with van der Waals surface area (Å²) in [5.41, 5.74) is 1.48. The van der Waals surface area contributed by atoms with Gasteiger partial charge in [-0.1, -0.05) is 35.2 Å².